The second-order valence-electron chi connectivity index (χ2n) is 5.74. The normalized spacial score (nSPS) is 10.2. The number of pyridine rings is 2. The van der Waals surface area contributed by atoms with E-state index >= 15 is 0 Å². The van der Waals surface area contributed by atoms with Gasteiger partial charge in [0.15, 0.2) is 0 Å². The van der Waals surface area contributed by atoms with Gasteiger partial charge in [-0.05, 0) is 48.0 Å². The van der Waals surface area contributed by atoms with E-state index < -0.39 is 5.91 Å². The highest BCUT2D eigenvalue weighted by Crippen LogP contribution is 2.28. The van der Waals surface area contributed by atoms with E-state index in [0.717, 1.165) is 5.56 Å². The third-order valence-corrected chi connectivity index (χ3v) is 4.06. The fraction of sp³-hybridized carbons (Fsp3) is 0.100. The standard InChI is InChI=1S/C20H17ClN4O3/c1-28-18-6-5-14(21)11-17(18)25-20(27)16-4-2-3-15(24-16)19(26)23-12-13-7-9-22-10-8-13/h2-11H,12H2,1H3,(H,23,26)(H,25,27). The van der Waals surface area contributed by atoms with Gasteiger partial charge in [-0.3, -0.25) is 14.6 Å². The Labute approximate surface area is 166 Å². The van der Waals surface area contributed by atoms with E-state index in [2.05, 4.69) is 20.6 Å². The molecular weight excluding hydrogens is 380 g/mol. The van der Waals surface area contributed by atoms with E-state index in [9.17, 15) is 9.59 Å². The molecule has 1 aromatic carbocycles. The number of carbonyl (C=O) groups excluding carboxylic acids is 2. The van der Waals surface area contributed by atoms with Crippen LogP contribution >= 0.6 is 11.6 Å². The van der Waals surface area contributed by atoms with Crippen molar-refractivity contribution in [3.05, 3.63) is 82.9 Å². The van der Waals surface area contributed by atoms with Crippen molar-refractivity contribution in [1.29, 1.82) is 0 Å². The average Bonchev–Trinajstić information content (AvgIpc) is 2.73. The van der Waals surface area contributed by atoms with E-state index in [-0.39, 0.29) is 17.3 Å². The number of aromatic nitrogens is 2. The molecule has 0 bridgehead atoms. The second kappa shape index (κ2) is 8.96. The number of nitrogens with one attached hydrogen (secondary N) is 2. The van der Waals surface area contributed by atoms with E-state index in [1.807, 2.05) is 0 Å². The molecule has 0 atom stereocenters. The number of ether oxygens (including phenoxy) is 1. The number of halogens is 1. The molecule has 0 radical (unpaired) electrons. The molecule has 142 valence electrons. The molecule has 3 rings (SSSR count). The van der Waals surface area contributed by atoms with Gasteiger partial charge in [0, 0.05) is 24.0 Å². The summed E-state index contributed by atoms with van der Waals surface area (Å²) in [4.78, 5) is 33.0. The fourth-order valence-electron chi connectivity index (χ4n) is 2.43. The molecule has 0 saturated heterocycles. The maximum absolute atomic E-state index is 12.5. The molecule has 7 nitrogen and oxygen atoms in total. The highest BCUT2D eigenvalue weighted by atomic mass is 35.5. The summed E-state index contributed by atoms with van der Waals surface area (Å²) in [6.45, 7) is 0.333. The van der Waals surface area contributed by atoms with Gasteiger partial charge in [0.05, 0.1) is 12.8 Å². The zero-order valence-corrected chi connectivity index (χ0v) is 15.7. The molecule has 0 saturated carbocycles. The van der Waals surface area contributed by atoms with E-state index in [1.54, 1.807) is 54.9 Å². The minimum Gasteiger partial charge on any atom is -0.495 e. The Bertz CT molecular complexity index is 996. The van der Waals surface area contributed by atoms with E-state index in [1.165, 1.54) is 13.2 Å². The Morgan fingerprint density at radius 2 is 1.75 bits per heavy atom. The molecule has 0 spiro atoms. The molecule has 8 heteroatoms. The lowest BCUT2D eigenvalue weighted by Crippen LogP contribution is -2.25. The predicted octanol–water partition coefficient (Wildman–Crippen LogP) is 3.32. The molecule has 2 N–H and O–H groups in total. The molecular formula is C20H17ClN4O3. The maximum atomic E-state index is 12.5. The van der Waals surface area contributed by atoms with Gasteiger partial charge in [-0.15, -0.1) is 0 Å². The van der Waals surface area contributed by atoms with Crippen LogP contribution in [-0.4, -0.2) is 28.9 Å². The summed E-state index contributed by atoms with van der Waals surface area (Å²) in [5, 5.41) is 5.90. The van der Waals surface area contributed by atoms with Crippen LogP contribution in [-0.2, 0) is 6.54 Å². The smallest absolute Gasteiger partial charge is 0.274 e. The SMILES string of the molecule is COc1ccc(Cl)cc1NC(=O)c1cccc(C(=O)NCc2ccncc2)n1. The zero-order valence-electron chi connectivity index (χ0n) is 15.0. The maximum Gasteiger partial charge on any atom is 0.274 e. The minimum atomic E-state index is -0.482. The van der Waals surface area contributed by atoms with Crippen molar-refractivity contribution in [1.82, 2.24) is 15.3 Å². The van der Waals surface area contributed by atoms with Crippen molar-refractivity contribution in [2.45, 2.75) is 6.54 Å². The number of anilines is 1. The lowest BCUT2D eigenvalue weighted by molar-refractivity contribution is 0.0945. The first-order valence-corrected chi connectivity index (χ1v) is 8.73. The summed E-state index contributed by atoms with van der Waals surface area (Å²) >= 11 is 5.98. The van der Waals surface area contributed by atoms with Gasteiger partial charge in [0.1, 0.15) is 17.1 Å². The summed E-state index contributed by atoms with van der Waals surface area (Å²) < 4.78 is 5.21. The molecule has 2 heterocycles. The van der Waals surface area contributed by atoms with Gasteiger partial charge in [-0.25, -0.2) is 4.98 Å². The summed E-state index contributed by atoms with van der Waals surface area (Å²) in [6.07, 6.45) is 3.30. The third kappa shape index (κ3) is 4.83. The van der Waals surface area contributed by atoms with Crippen LogP contribution in [0.1, 0.15) is 26.5 Å². The highest BCUT2D eigenvalue weighted by molar-refractivity contribution is 6.31. The predicted molar refractivity (Wildman–Crippen MR) is 106 cm³/mol. The number of hydrogen-bond acceptors (Lipinski definition) is 5. The molecule has 2 aromatic heterocycles. The molecule has 0 fully saturated rings. The number of carbonyl (C=O) groups is 2. The second-order valence-corrected chi connectivity index (χ2v) is 6.18. The van der Waals surface area contributed by atoms with Crippen molar-refractivity contribution < 1.29 is 14.3 Å². The molecule has 28 heavy (non-hydrogen) atoms. The number of amides is 2. The molecule has 0 aliphatic heterocycles. The Kier molecular flexibility index (Phi) is 6.18. The molecule has 3 aromatic rings. The molecule has 0 unspecified atom stereocenters. The molecule has 0 aliphatic carbocycles. The van der Waals surface area contributed by atoms with Crippen molar-refractivity contribution in [2.24, 2.45) is 0 Å². The average molecular weight is 397 g/mol. The number of nitrogens with zero attached hydrogens (tertiary/aromatic N) is 2. The Balaban J connectivity index is 1.71. The van der Waals surface area contributed by atoms with E-state index in [4.69, 9.17) is 16.3 Å². The van der Waals surface area contributed by atoms with Crippen molar-refractivity contribution in [3.63, 3.8) is 0 Å². The van der Waals surface area contributed by atoms with Crippen molar-refractivity contribution in [2.75, 3.05) is 12.4 Å². The first kappa shape index (κ1) is 19.3. The van der Waals surface area contributed by atoms with Crippen LogP contribution in [0.5, 0.6) is 5.75 Å². The Morgan fingerprint density at radius 1 is 1.04 bits per heavy atom. The van der Waals surface area contributed by atoms with Gasteiger partial charge in [0.2, 0.25) is 0 Å². The third-order valence-electron chi connectivity index (χ3n) is 3.83. The Hall–Kier alpha value is -3.45. The van der Waals surface area contributed by atoms with Gasteiger partial charge in [-0.1, -0.05) is 17.7 Å². The summed E-state index contributed by atoms with van der Waals surface area (Å²) in [5.41, 5.74) is 1.55. The van der Waals surface area contributed by atoms with Gasteiger partial charge in [0.25, 0.3) is 11.8 Å². The van der Waals surface area contributed by atoms with Gasteiger partial charge in [-0.2, -0.15) is 0 Å². The fourth-order valence-corrected chi connectivity index (χ4v) is 2.60. The zero-order chi connectivity index (χ0) is 19.9. The highest BCUT2D eigenvalue weighted by Gasteiger charge is 2.14. The van der Waals surface area contributed by atoms with Crippen LogP contribution in [0.4, 0.5) is 5.69 Å². The van der Waals surface area contributed by atoms with Crippen LogP contribution in [0.3, 0.4) is 0 Å². The summed E-state index contributed by atoms with van der Waals surface area (Å²) in [6, 6.07) is 13.1. The van der Waals surface area contributed by atoms with Crippen molar-refractivity contribution >= 4 is 29.1 Å². The van der Waals surface area contributed by atoms with Gasteiger partial charge < -0.3 is 15.4 Å². The quantitative estimate of drug-likeness (QED) is 0.666. The van der Waals surface area contributed by atoms with Crippen LogP contribution < -0.4 is 15.4 Å². The summed E-state index contributed by atoms with van der Waals surface area (Å²) in [7, 11) is 1.49. The van der Waals surface area contributed by atoms with Crippen LogP contribution in [0.15, 0.2) is 60.9 Å². The number of benzene rings is 1. The van der Waals surface area contributed by atoms with Crippen LogP contribution in [0.25, 0.3) is 0 Å². The molecule has 0 aliphatic rings. The van der Waals surface area contributed by atoms with Crippen LogP contribution in [0.2, 0.25) is 5.02 Å². The molecule has 2 amide bonds. The Morgan fingerprint density at radius 3 is 2.46 bits per heavy atom. The summed E-state index contributed by atoms with van der Waals surface area (Å²) in [5.74, 6) is -0.403. The van der Waals surface area contributed by atoms with E-state index in [0.29, 0.717) is 23.0 Å². The largest absolute Gasteiger partial charge is 0.495 e. The van der Waals surface area contributed by atoms with Gasteiger partial charge >= 0.3 is 0 Å². The lowest BCUT2D eigenvalue weighted by Gasteiger charge is -2.11. The van der Waals surface area contributed by atoms with Crippen LogP contribution in [0, 0.1) is 0 Å². The number of rotatable bonds is 6. The minimum absolute atomic E-state index is 0.0959. The lowest BCUT2D eigenvalue weighted by atomic mass is 10.2. The monoisotopic (exact) mass is 396 g/mol. The topological polar surface area (TPSA) is 93.2 Å². The number of methoxy groups -OCH3 is 1. The first-order valence-electron chi connectivity index (χ1n) is 8.36. The first-order chi connectivity index (χ1) is 13.6. The number of hydrogen-bond donors (Lipinski definition) is 2. The van der Waals surface area contributed by atoms with Crippen molar-refractivity contribution in [3.8, 4) is 5.75 Å².